The van der Waals surface area contributed by atoms with Crippen LogP contribution in [0, 0.1) is 6.92 Å². The van der Waals surface area contributed by atoms with Crippen molar-refractivity contribution < 1.29 is 9.59 Å². The van der Waals surface area contributed by atoms with Gasteiger partial charge in [0.1, 0.15) is 6.04 Å². The molecule has 1 heterocycles. The Morgan fingerprint density at radius 3 is 2.43 bits per heavy atom. The van der Waals surface area contributed by atoms with Crippen LogP contribution in [0.25, 0.3) is 0 Å². The molecular weight excluding hydrogens is 288 g/mol. The lowest BCUT2D eigenvalue weighted by molar-refractivity contribution is -0.121. The molecule has 1 fully saturated rings. The zero-order valence-corrected chi connectivity index (χ0v) is 13.4. The maximum absolute atomic E-state index is 12.6. The van der Waals surface area contributed by atoms with E-state index in [4.69, 9.17) is 0 Å². The summed E-state index contributed by atoms with van der Waals surface area (Å²) < 4.78 is 0. The average molecular weight is 308 g/mol. The lowest BCUT2D eigenvalue weighted by Crippen LogP contribution is -2.34. The van der Waals surface area contributed by atoms with Crippen molar-refractivity contribution in [3.63, 3.8) is 0 Å². The highest BCUT2D eigenvalue weighted by Crippen LogP contribution is 2.26. The molecule has 118 valence electrons. The second kappa shape index (κ2) is 6.24. The first-order valence-corrected chi connectivity index (χ1v) is 7.88. The van der Waals surface area contributed by atoms with E-state index >= 15 is 0 Å². The van der Waals surface area contributed by atoms with Gasteiger partial charge in [-0.2, -0.15) is 0 Å². The second-order valence-corrected chi connectivity index (χ2v) is 5.80. The SMILES string of the molecule is CCc1ccc(N2C(=O)C[C@@H](Nc3ccccc3C)C2=O)cc1. The van der Waals surface area contributed by atoms with Gasteiger partial charge in [0.05, 0.1) is 12.1 Å². The molecule has 1 aliphatic rings. The third-order valence-electron chi connectivity index (χ3n) is 4.22. The van der Waals surface area contributed by atoms with Crippen molar-refractivity contribution in [3.8, 4) is 0 Å². The second-order valence-electron chi connectivity index (χ2n) is 5.80. The van der Waals surface area contributed by atoms with Crippen LogP contribution in [0.5, 0.6) is 0 Å². The summed E-state index contributed by atoms with van der Waals surface area (Å²) in [6, 6.07) is 14.8. The summed E-state index contributed by atoms with van der Waals surface area (Å²) in [4.78, 5) is 26.2. The number of carbonyl (C=O) groups is 2. The van der Waals surface area contributed by atoms with Crippen molar-refractivity contribution in [2.75, 3.05) is 10.2 Å². The van der Waals surface area contributed by atoms with Gasteiger partial charge < -0.3 is 5.32 Å². The highest BCUT2D eigenvalue weighted by Gasteiger charge is 2.39. The van der Waals surface area contributed by atoms with Gasteiger partial charge in [-0.15, -0.1) is 0 Å². The number of aryl methyl sites for hydroxylation is 2. The van der Waals surface area contributed by atoms with Gasteiger partial charge in [0.25, 0.3) is 5.91 Å². The summed E-state index contributed by atoms with van der Waals surface area (Å²) in [5.74, 6) is -0.354. The van der Waals surface area contributed by atoms with Gasteiger partial charge >= 0.3 is 0 Å². The predicted molar refractivity (Wildman–Crippen MR) is 91.5 cm³/mol. The fraction of sp³-hybridized carbons (Fsp3) is 0.263. The lowest BCUT2D eigenvalue weighted by Gasteiger charge is -2.17. The molecule has 3 rings (SSSR count). The summed E-state index contributed by atoms with van der Waals surface area (Å²) in [5.41, 5.74) is 3.77. The van der Waals surface area contributed by atoms with E-state index in [0.717, 1.165) is 17.7 Å². The van der Waals surface area contributed by atoms with Crippen LogP contribution in [0.4, 0.5) is 11.4 Å². The largest absolute Gasteiger partial charge is 0.373 e. The summed E-state index contributed by atoms with van der Waals surface area (Å²) in [6.45, 7) is 4.05. The smallest absolute Gasteiger partial charge is 0.256 e. The molecule has 4 heteroatoms. The maximum atomic E-state index is 12.6. The molecule has 2 aromatic carbocycles. The van der Waals surface area contributed by atoms with E-state index in [1.807, 2.05) is 55.5 Å². The van der Waals surface area contributed by atoms with Crippen LogP contribution in [0.15, 0.2) is 48.5 Å². The van der Waals surface area contributed by atoms with Crippen LogP contribution in [-0.4, -0.2) is 17.9 Å². The number of para-hydroxylation sites is 1. The molecule has 0 aliphatic carbocycles. The van der Waals surface area contributed by atoms with Crippen molar-refractivity contribution in [1.82, 2.24) is 0 Å². The number of carbonyl (C=O) groups excluding carboxylic acids is 2. The minimum Gasteiger partial charge on any atom is -0.373 e. The summed E-state index contributed by atoms with van der Waals surface area (Å²) in [5, 5.41) is 3.20. The monoisotopic (exact) mass is 308 g/mol. The quantitative estimate of drug-likeness (QED) is 0.882. The van der Waals surface area contributed by atoms with Gasteiger partial charge in [-0.25, -0.2) is 4.90 Å². The molecule has 2 amide bonds. The number of hydrogen-bond acceptors (Lipinski definition) is 3. The van der Waals surface area contributed by atoms with E-state index in [1.54, 1.807) is 0 Å². The molecule has 0 spiro atoms. The number of nitrogens with one attached hydrogen (secondary N) is 1. The maximum Gasteiger partial charge on any atom is 0.256 e. The van der Waals surface area contributed by atoms with Crippen molar-refractivity contribution in [2.45, 2.75) is 32.7 Å². The number of benzene rings is 2. The van der Waals surface area contributed by atoms with Crippen LogP contribution < -0.4 is 10.2 Å². The standard InChI is InChI=1S/C19H20N2O2/c1-3-14-8-10-15(11-9-14)21-18(22)12-17(19(21)23)20-16-7-5-4-6-13(16)2/h4-11,17,20H,3,12H2,1-2H3/t17-/m1/s1. The normalized spacial score (nSPS) is 17.7. The molecular formula is C19H20N2O2. The highest BCUT2D eigenvalue weighted by molar-refractivity contribution is 6.23. The van der Waals surface area contributed by atoms with E-state index in [2.05, 4.69) is 12.2 Å². The van der Waals surface area contributed by atoms with E-state index in [0.29, 0.717) is 5.69 Å². The van der Waals surface area contributed by atoms with Gasteiger partial charge in [0.15, 0.2) is 0 Å². The molecule has 1 saturated heterocycles. The van der Waals surface area contributed by atoms with Crippen molar-refractivity contribution >= 4 is 23.2 Å². The lowest BCUT2D eigenvalue weighted by atomic mass is 10.1. The zero-order chi connectivity index (χ0) is 16.4. The first-order valence-electron chi connectivity index (χ1n) is 7.88. The van der Waals surface area contributed by atoms with Gasteiger partial charge in [0, 0.05) is 5.69 Å². The zero-order valence-electron chi connectivity index (χ0n) is 13.4. The summed E-state index contributed by atoms with van der Waals surface area (Å²) in [6.07, 6.45) is 1.11. The minimum atomic E-state index is -0.505. The molecule has 0 radical (unpaired) electrons. The van der Waals surface area contributed by atoms with Gasteiger partial charge in [-0.05, 0) is 42.7 Å². The number of amides is 2. The first-order chi connectivity index (χ1) is 11.1. The van der Waals surface area contributed by atoms with E-state index in [1.165, 1.54) is 10.5 Å². The fourth-order valence-electron chi connectivity index (χ4n) is 2.82. The molecule has 1 N–H and O–H groups in total. The molecule has 0 aromatic heterocycles. The Bertz CT molecular complexity index is 737. The van der Waals surface area contributed by atoms with E-state index in [9.17, 15) is 9.59 Å². The third-order valence-corrected chi connectivity index (χ3v) is 4.22. The van der Waals surface area contributed by atoms with Gasteiger partial charge in [-0.3, -0.25) is 9.59 Å². The van der Waals surface area contributed by atoms with Crippen molar-refractivity contribution in [1.29, 1.82) is 0 Å². The number of imide groups is 1. The topological polar surface area (TPSA) is 49.4 Å². The van der Waals surface area contributed by atoms with Crippen LogP contribution in [0.3, 0.4) is 0 Å². The Morgan fingerprint density at radius 2 is 1.78 bits per heavy atom. The van der Waals surface area contributed by atoms with E-state index in [-0.39, 0.29) is 18.2 Å². The molecule has 0 unspecified atom stereocenters. The number of nitrogens with zero attached hydrogens (tertiary/aromatic N) is 1. The van der Waals surface area contributed by atoms with Gasteiger partial charge in [-0.1, -0.05) is 37.3 Å². The van der Waals surface area contributed by atoms with Crippen molar-refractivity contribution in [3.05, 3.63) is 59.7 Å². The minimum absolute atomic E-state index is 0.162. The van der Waals surface area contributed by atoms with Crippen LogP contribution >= 0.6 is 0 Å². The molecule has 2 aromatic rings. The molecule has 23 heavy (non-hydrogen) atoms. The Labute approximate surface area is 136 Å². The highest BCUT2D eigenvalue weighted by atomic mass is 16.2. The molecule has 0 saturated carbocycles. The Morgan fingerprint density at radius 1 is 1.09 bits per heavy atom. The number of rotatable bonds is 4. The Balaban J connectivity index is 1.80. The molecule has 0 bridgehead atoms. The third kappa shape index (κ3) is 2.97. The van der Waals surface area contributed by atoms with Crippen LogP contribution in [0.2, 0.25) is 0 Å². The Kier molecular flexibility index (Phi) is 4.15. The van der Waals surface area contributed by atoms with Crippen LogP contribution in [-0.2, 0) is 16.0 Å². The number of hydrogen-bond donors (Lipinski definition) is 1. The average Bonchev–Trinajstić information content (AvgIpc) is 2.84. The predicted octanol–water partition coefficient (Wildman–Crippen LogP) is 3.30. The molecule has 1 aliphatic heterocycles. The number of anilines is 2. The molecule has 1 atom stereocenters. The van der Waals surface area contributed by atoms with Crippen LogP contribution in [0.1, 0.15) is 24.5 Å². The first kappa shape index (κ1) is 15.3. The summed E-state index contributed by atoms with van der Waals surface area (Å²) >= 11 is 0. The summed E-state index contributed by atoms with van der Waals surface area (Å²) in [7, 11) is 0. The van der Waals surface area contributed by atoms with Gasteiger partial charge in [0.2, 0.25) is 5.91 Å². The van der Waals surface area contributed by atoms with E-state index < -0.39 is 6.04 Å². The Hall–Kier alpha value is -2.62. The fourth-order valence-corrected chi connectivity index (χ4v) is 2.82. The van der Waals surface area contributed by atoms with Crippen molar-refractivity contribution in [2.24, 2.45) is 0 Å². The molecule has 4 nitrogen and oxygen atoms in total.